The van der Waals surface area contributed by atoms with E-state index in [1.807, 2.05) is 67.8 Å². The van der Waals surface area contributed by atoms with Crippen molar-refractivity contribution in [2.75, 3.05) is 11.9 Å². The van der Waals surface area contributed by atoms with E-state index in [0.29, 0.717) is 15.6 Å². The van der Waals surface area contributed by atoms with Crippen LogP contribution in [0.5, 0.6) is 0 Å². The monoisotopic (exact) mass is 1270 g/mol. The van der Waals surface area contributed by atoms with Gasteiger partial charge in [-0.3, -0.25) is 37.8 Å². The minimum Gasteiger partial charge on any atom is -0.287 e. The van der Waals surface area contributed by atoms with Crippen molar-refractivity contribution in [3.63, 3.8) is 0 Å². The molecule has 14 nitrogen and oxygen atoms in total. The molecule has 0 radical (unpaired) electrons. The summed E-state index contributed by atoms with van der Waals surface area (Å²) in [5.41, 5.74) is -2.78. The van der Waals surface area contributed by atoms with Crippen molar-refractivity contribution in [1.29, 1.82) is 0 Å². The lowest BCUT2D eigenvalue weighted by Crippen LogP contribution is -2.53. The summed E-state index contributed by atoms with van der Waals surface area (Å²) in [6.07, 6.45) is -0.437. The van der Waals surface area contributed by atoms with Gasteiger partial charge < -0.3 is 0 Å². The predicted octanol–water partition coefficient (Wildman–Crippen LogP) is 8.42. The highest BCUT2D eigenvalue weighted by atomic mass is 127. The van der Waals surface area contributed by atoms with E-state index in [9.17, 15) is 51.3 Å². The number of carbonyl (C=O) groups is 3. The maximum atomic E-state index is 13.8. The van der Waals surface area contributed by atoms with Gasteiger partial charge in [0.25, 0.3) is 11.1 Å². The Hall–Kier alpha value is -2.71. The molecule has 0 spiro atoms. The lowest BCUT2D eigenvalue weighted by Gasteiger charge is -2.30. The standard InChI is InChI=1S/2C11H7ClFIN2O2.C11H8FIN2O3.Cl3OP/c1-15-10(17)5-9(12)16(11(15)18)8-3-2-6(14)4-7(8)13;1-15-9(12)5-10(17)16(11(15)18)8-3-2-6(14)4-7(8)13;1-14-9(16)5-10(17)15(11(14)18)8-3-2-6(13)4-7(8)12;1-5(2,3)4/h2*2-5H,1H3;2-4H,5H2,1H3;. The molecule has 26 heteroatoms. The number of barbiturate groups is 1. The van der Waals surface area contributed by atoms with Crippen molar-refractivity contribution in [2.45, 2.75) is 6.42 Å². The summed E-state index contributed by atoms with van der Waals surface area (Å²) in [5, 5.41) is -3.34. The number of imide groups is 2. The smallest absolute Gasteiger partial charge is 0.287 e. The molecular formula is C33H22Cl5F3I3N6O8P. The molecule has 2 aromatic heterocycles. The summed E-state index contributed by atoms with van der Waals surface area (Å²) in [7, 11) is 3.97. The first-order valence-corrected chi connectivity index (χ1v) is 23.8. The fourth-order valence-electron chi connectivity index (χ4n) is 4.55. The topological polar surface area (TPSA) is 163 Å². The molecule has 1 saturated heterocycles. The largest absolute Gasteiger partial charge is 0.339 e. The number of halogens is 11. The molecule has 0 atom stereocenters. The first-order valence-electron chi connectivity index (χ1n) is 15.4. The van der Waals surface area contributed by atoms with Crippen LogP contribution in [-0.2, 0) is 28.2 Å². The van der Waals surface area contributed by atoms with Gasteiger partial charge in [-0.2, -0.15) is 0 Å². The molecule has 3 heterocycles. The molecule has 0 bridgehead atoms. The summed E-state index contributed by atoms with van der Waals surface area (Å²) in [5.74, 6) is -3.20. The highest BCUT2D eigenvalue weighted by Gasteiger charge is 2.37. The lowest BCUT2D eigenvalue weighted by atomic mass is 10.2. The Bertz CT molecular complexity index is 2780. The summed E-state index contributed by atoms with van der Waals surface area (Å²) >= 11 is 31.2. The van der Waals surface area contributed by atoms with E-state index in [0.717, 1.165) is 35.3 Å². The first-order chi connectivity index (χ1) is 27.2. The van der Waals surface area contributed by atoms with Crippen LogP contribution in [0.15, 0.2) is 85.9 Å². The summed E-state index contributed by atoms with van der Waals surface area (Å²) in [4.78, 5) is 83.2. The quantitative estimate of drug-likeness (QED) is 0.0753. The van der Waals surface area contributed by atoms with Crippen LogP contribution in [0.2, 0.25) is 10.3 Å². The number of hydrogen-bond acceptors (Lipinski definition) is 8. The van der Waals surface area contributed by atoms with Gasteiger partial charge in [-0.05, 0) is 156 Å². The average Bonchev–Trinajstić information content (AvgIpc) is 3.11. The number of urea groups is 1. The third kappa shape index (κ3) is 13.4. The Morgan fingerprint density at radius 3 is 1.39 bits per heavy atom. The average molecular weight is 1280 g/mol. The van der Waals surface area contributed by atoms with Crippen LogP contribution in [0.25, 0.3) is 11.4 Å². The van der Waals surface area contributed by atoms with Crippen LogP contribution < -0.4 is 27.4 Å². The molecule has 4 amide bonds. The molecule has 59 heavy (non-hydrogen) atoms. The second-order valence-corrected chi connectivity index (χ2v) is 22.4. The molecule has 1 fully saturated rings. The summed E-state index contributed by atoms with van der Waals surface area (Å²) in [6.45, 7) is 0. The Kier molecular flexibility index (Phi) is 18.4. The zero-order valence-corrected chi connectivity index (χ0v) is 40.8. The van der Waals surface area contributed by atoms with Crippen molar-refractivity contribution >= 4 is 153 Å². The van der Waals surface area contributed by atoms with Crippen LogP contribution in [0.1, 0.15) is 6.42 Å². The van der Waals surface area contributed by atoms with E-state index in [1.165, 1.54) is 57.5 Å². The van der Waals surface area contributed by atoms with Crippen molar-refractivity contribution in [2.24, 2.45) is 14.1 Å². The van der Waals surface area contributed by atoms with Crippen molar-refractivity contribution < 1.29 is 32.1 Å². The van der Waals surface area contributed by atoms with E-state index >= 15 is 0 Å². The second kappa shape index (κ2) is 21.4. The van der Waals surface area contributed by atoms with Gasteiger partial charge in [0, 0.05) is 44.0 Å². The van der Waals surface area contributed by atoms with Crippen molar-refractivity contribution in [3.8, 4) is 11.4 Å². The number of benzene rings is 3. The van der Waals surface area contributed by atoms with E-state index in [2.05, 4.69) is 33.7 Å². The van der Waals surface area contributed by atoms with Gasteiger partial charge in [-0.15, -0.1) is 0 Å². The summed E-state index contributed by atoms with van der Waals surface area (Å²) in [6, 6.07) is 14.0. The number of aromatic nitrogens is 4. The molecule has 0 saturated carbocycles. The van der Waals surface area contributed by atoms with Gasteiger partial charge in [-0.1, -0.05) is 23.2 Å². The number of nitrogens with zero attached hydrogens (tertiary/aromatic N) is 6. The maximum Gasteiger partial charge on any atom is 0.339 e. The molecule has 1 aliphatic heterocycles. The first kappa shape index (κ1) is 50.6. The molecule has 3 aromatic carbocycles. The minimum absolute atomic E-state index is 0.00664. The van der Waals surface area contributed by atoms with Crippen LogP contribution >= 0.6 is 130 Å². The van der Waals surface area contributed by atoms with Crippen molar-refractivity contribution in [1.82, 2.24) is 23.2 Å². The Balaban J connectivity index is 0.000000223. The van der Waals surface area contributed by atoms with E-state index in [-0.39, 0.29) is 27.4 Å². The molecule has 314 valence electrons. The second-order valence-electron chi connectivity index (χ2n) is 11.3. The van der Waals surface area contributed by atoms with Crippen LogP contribution in [-0.4, -0.2) is 48.1 Å². The predicted molar refractivity (Wildman–Crippen MR) is 244 cm³/mol. The van der Waals surface area contributed by atoms with Gasteiger partial charge in [0.05, 0.1) is 17.1 Å². The fraction of sp³-hybridized carbons (Fsp3) is 0.121. The maximum absolute atomic E-state index is 13.8. The number of carbonyl (C=O) groups excluding carboxylic acids is 3. The Morgan fingerprint density at radius 2 is 0.949 bits per heavy atom. The van der Waals surface area contributed by atoms with Gasteiger partial charge >= 0.3 is 22.6 Å². The zero-order chi connectivity index (χ0) is 44.8. The molecular weight excluding hydrogens is 1250 g/mol. The number of anilines is 1. The normalized spacial score (nSPS) is 12.5. The molecule has 0 unspecified atom stereocenters. The van der Waals surface area contributed by atoms with Gasteiger partial charge in [-0.25, -0.2) is 41.6 Å². The van der Waals surface area contributed by atoms with Crippen molar-refractivity contribution in [3.05, 3.63) is 147 Å². The highest BCUT2D eigenvalue weighted by molar-refractivity contribution is 14.1. The third-order valence-corrected chi connectivity index (χ3v) is 10.0. The molecule has 0 aliphatic carbocycles. The molecule has 1 aliphatic rings. The molecule has 5 aromatic rings. The van der Waals surface area contributed by atoms with Crippen LogP contribution in [0.3, 0.4) is 0 Å². The third-order valence-electron chi connectivity index (χ3n) is 7.38. The van der Waals surface area contributed by atoms with E-state index < -0.39 is 69.4 Å². The fourth-order valence-corrected chi connectivity index (χ4v) is 6.34. The van der Waals surface area contributed by atoms with Gasteiger partial charge in [0.2, 0.25) is 11.8 Å². The minimum atomic E-state index is -3.22. The van der Waals surface area contributed by atoms with E-state index in [1.54, 1.807) is 18.2 Å². The van der Waals surface area contributed by atoms with Crippen LogP contribution in [0.4, 0.5) is 23.7 Å². The number of amides is 4. The zero-order valence-electron chi connectivity index (χ0n) is 29.6. The lowest BCUT2D eigenvalue weighted by molar-refractivity contribution is -0.134. The number of rotatable bonds is 3. The van der Waals surface area contributed by atoms with Gasteiger partial charge in [0.1, 0.15) is 34.2 Å². The van der Waals surface area contributed by atoms with Gasteiger partial charge in [0.15, 0.2) is 0 Å². The SMILES string of the molecule is CN1C(=O)CC(=O)N(c2ccc(I)cc2F)C1=O.Cn1c(=O)cc(Cl)n(-c2ccc(I)cc2F)c1=O.Cn1c(Cl)cc(=O)n(-c2ccc(I)cc2F)c1=O.O=P(Cl)(Cl)Cl. The number of hydrogen-bond donors (Lipinski definition) is 0. The Morgan fingerprint density at radius 1 is 0.559 bits per heavy atom. The van der Waals surface area contributed by atoms with Crippen LogP contribution in [0, 0.1) is 28.2 Å². The highest BCUT2D eigenvalue weighted by Crippen LogP contribution is 2.61. The Labute approximate surface area is 395 Å². The molecule has 6 rings (SSSR count). The molecule has 0 N–H and O–H groups in total. The van der Waals surface area contributed by atoms with E-state index in [4.69, 9.17) is 23.2 Å². The summed E-state index contributed by atoms with van der Waals surface area (Å²) < 4.78 is 56.5.